The van der Waals surface area contributed by atoms with Crippen LogP contribution in [0.1, 0.15) is 16.0 Å². The standard InChI is InChI=1S/C22H17NO4S/c1-25-19-13-16(9-10-18(19)26-14-15-6-3-2-4-7-15)12-17-22(24)27-21(23-17)20-8-5-11-28-20/h2-13H,14H2,1H3/b17-12-. The van der Waals surface area contributed by atoms with E-state index in [1.807, 2.05) is 60.0 Å². The SMILES string of the molecule is COc1cc(/C=C2\N=C(c3cccs3)OC2=O)ccc1OCc1ccccc1. The van der Waals surface area contributed by atoms with Crippen LogP contribution in [0.2, 0.25) is 0 Å². The van der Waals surface area contributed by atoms with Crippen LogP contribution >= 0.6 is 11.3 Å². The summed E-state index contributed by atoms with van der Waals surface area (Å²) in [7, 11) is 1.58. The molecule has 0 amide bonds. The lowest BCUT2D eigenvalue weighted by molar-refractivity contribution is -0.129. The van der Waals surface area contributed by atoms with Gasteiger partial charge in [-0.2, -0.15) is 0 Å². The largest absolute Gasteiger partial charge is 0.493 e. The van der Waals surface area contributed by atoms with Gasteiger partial charge in [0, 0.05) is 0 Å². The lowest BCUT2D eigenvalue weighted by Gasteiger charge is -2.11. The second kappa shape index (κ2) is 8.10. The highest BCUT2D eigenvalue weighted by Crippen LogP contribution is 2.30. The maximum atomic E-state index is 12.1. The Morgan fingerprint density at radius 1 is 1.07 bits per heavy atom. The monoisotopic (exact) mass is 391 g/mol. The molecular formula is C22H17NO4S. The van der Waals surface area contributed by atoms with Crippen LogP contribution in [0.15, 0.2) is 76.7 Å². The van der Waals surface area contributed by atoms with Gasteiger partial charge in [-0.05, 0) is 40.8 Å². The number of rotatable bonds is 6. The molecule has 0 spiro atoms. The minimum absolute atomic E-state index is 0.253. The van der Waals surface area contributed by atoms with Crippen molar-refractivity contribution in [2.24, 2.45) is 4.99 Å². The maximum Gasteiger partial charge on any atom is 0.363 e. The predicted octanol–water partition coefficient (Wildman–Crippen LogP) is 4.68. The number of thiophene rings is 1. The van der Waals surface area contributed by atoms with Gasteiger partial charge in [0.1, 0.15) is 6.61 Å². The third kappa shape index (κ3) is 3.97. The summed E-state index contributed by atoms with van der Waals surface area (Å²) in [5.41, 5.74) is 2.09. The van der Waals surface area contributed by atoms with Crippen LogP contribution in [0.3, 0.4) is 0 Å². The number of nitrogens with zero attached hydrogens (tertiary/aromatic N) is 1. The zero-order valence-corrected chi connectivity index (χ0v) is 15.9. The molecule has 5 nitrogen and oxygen atoms in total. The highest BCUT2D eigenvalue weighted by Gasteiger charge is 2.24. The average molecular weight is 391 g/mol. The smallest absolute Gasteiger partial charge is 0.363 e. The Kier molecular flexibility index (Phi) is 5.21. The number of aliphatic imine (C=N–C) groups is 1. The number of cyclic esters (lactones) is 1. The van der Waals surface area contributed by atoms with E-state index in [2.05, 4.69) is 4.99 Å². The van der Waals surface area contributed by atoms with Crippen LogP contribution < -0.4 is 9.47 Å². The molecule has 0 unspecified atom stereocenters. The van der Waals surface area contributed by atoms with Gasteiger partial charge in [0.15, 0.2) is 17.2 Å². The highest BCUT2D eigenvalue weighted by atomic mass is 32.1. The highest BCUT2D eigenvalue weighted by molar-refractivity contribution is 7.12. The van der Waals surface area contributed by atoms with Crippen LogP contribution in [-0.2, 0) is 16.1 Å². The fraction of sp³-hybridized carbons (Fsp3) is 0.0909. The van der Waals surface area contributed by atoms with E-state index in [0.717, 1.165) is 16.0 Å². The van der Waals surface area contributed by atoms with Crippen molar-refractivity contribution in [3.8, 4) is 11.5 Å². The number of esters is 1. The van der Waals surface area contributed by atoms with Gasteiger partial charge in [-0.15, -0.1) is 11.3 Å². The second-order valence-electron chi connectivity index (χ2n) is 6.00. The molecule has 0 bridgehead atoms. The topological polar surface area (TPSA) is 57.1 Å². The zero-order chi connectivity index (χ0) is 19.3. The Hall–Kier alpha value is -3.38. The Morgan fingerprint density at radius 3 is 2.68 bits per heavy atom. The summed E-state index contributed by atoms with van der Waals surface area (Å²) in [5.74, 6) is 1.08. The van der Waals surface area contributed by atoms with Crippen LogP contribution in [0, 0.1) is 0 Å². The Morgan fingerprint density at radius 2 is 1.93 bits per heavy atom. The van der Waals surface area contributed by atoms with Crippen molar-refractivity contribution in [3.05, 3.63) is 87.7 Å². The molecule has 6 heteroatoms. The van der Waals surface area contributed by atoms with Gasteiger partial charge in [0.25, 0.3) is 0 Å². The lowest BCUT2D eigenvalue weighted by Crippen LogP contribution is -2.03. The lowest BCUT2D eigenvalue weighted by atomic mass is 10.1. The van der Waals surface area contributed by atoms with E-state index in [1.165, 1.54) is 11.3 Å². The van der Waals surface area contributed by atoms with Crippen molar-refractivity contribution in [1.29, 1.82) is 0 Å². The second-order valence-corrected chi connectivity index (χ2v) is 6.95. The molecule has 0 saturated heterocycles. The minimum atomic E-state index is -0.466. The summed E-state index contributed by atoms with van der Waals surface area (Å²) in [5, 5.41) is 1.91. The molecule has 140 valence electrons. The van der Waals surface area contributed by atoms with Gasteiger partial charge >= 0.3 is 5.97 Å². The first-order valence-electron chi connectivity index (χ1n) is 8.64. The van der Waals surface area contributed by atoms with Crippen molar-refractivity contribution in [1.82, 2.24) is 0 Å². The molecule has 0 N–H and O–H groups in total. The van der Waals surface area contributed by atoms with E-state index in [0.29, 0.717) is 24.0 Å². The van der Waals surface area contributed by atoms with Gasteiger partial charge in [-0.1, -0.05) is 42.5 Å². The fourth-order valence-electron chi connectivity index (χ4n) is 2.70. The van der Waals surface area contributed by atoms with Crippen LogP contribution in [0.5, 0.6) is 11.5 Å². The molecule has 2 heterocycles. The van der Waals surface area contributed by atoms with Crippen molar-refractivity contribution >= 4 is 29.3 Å². The molecule has 0 fully saturated rings. The van der Waals surface area contributed by atoms with Crippen LogP contribution in [0.4, 0.5) is 0 Å². The molecule has 4 rings (SSSR count). The summed E-state index contributed by atoms with van der Waals surface area (Å²) in [4.78, 5) is 17.2. The van der Waals surface area contributed by atoms with E-state index in [4.69, 9.17) is 14.2 Å². The molecule has 1 aliphatic rings. The molecule has 0 radical (unpaired) electrons. The molecule has 1 aliphatic heterocycles. The molecule has 0 saturated carbocycles. The summed E-state index contributed by atoms with van der Waals surface area (Å²) in [6.45, 7) is 0.443. The first kappa shape index (κ1) is 18.0. The Bertz CT molecular complexity index is 1040. The summed E-state index contributed by atoms with van der Waals surface area (Å²) in [6.07, 6.45) is 1.67. The summed E-state index contributed by atoms with van der Waals surface area (Å²) < 4.78 is 16.6. The number of methoxy groups -OCH3 is 1. The number of carbonyl (C=O) groups excluding carboxylic acids is 1. The molecule has 1 aromatic heterocycles. The number of hydrogen-bond donors (Lipinski definition) is 0. The minimum Gasteiger partial charge on any atom is -0.493 e. The normalized spacial score (nSPS) is 14.7. The number of carbonyl (C=O) groups is 1. The van der Waals surface area contributed by atoms with Crippen LogP contribution in [-0.4, -0.2) is 19.0 Å². The number of ether oxygens (including phenoxy) is 3. The molecular weight excluding hydrogens is 374 g/mol. The van der Waals surface area contributed by atoms with Crippen molar-refractivity contribution < 1.29 is 19.0 Å². The molecule has 0 aliphatic carbocycles. The maximum absolute atomic E-state index is 12.1. The third-order valence-electron chi connectivity index (χ3n) is 4.08. The summed E-state index contributed by atoms with van der Waals surface area (Å²) >= 11 is 1.47. The average Bonchev–Trinajstić information content (AvgIpc) is 3.38. The van der Waals surface area contributed by atoms with Crippen LogP contribution in [0.25, 0.3) is 6.08 Å². The molecule has 0 atom stereocenters. The van der Waals surface area contributed by atoms with Gasteiger partial charge in [-0.25, -0.2) is 9.79 Å². The van der Waals surface area contributed by atoms with E-state index in [9.17, 15) is 4.79 Å². The first-order chi connectivity index (χ1) is 13.7. The fourth-order valence-corrected chi connectivity index (χ4v) is 3.35. The van der Waals surface area contributed by atoms with Gasteiger partial charge in [-0.3, -0.25) is 0 Å². The molecule has 2 aromatic carbocycles. The Balaban J connectivity index is 1.54. The van der Waals surface area contributed by atoms with Gasteiger partial charge < -0.3 is 14.2 Å². The number of benzene rings is 2. The van der Waals surface area contributed by atoms with Gasteiger partial charge in [0.05, 0.1) is 12.0 Å². The zero-order valence-electron chi connectivity index (χ0n) is 15.1. The third-order valence-corrected chi connectivity index (χ3v) is 4.94. The predicted molar refractivity (Wildman–Crippen MR) is 109 cm³/mol. The quantitative estimate of drug-likeness (QED) is 0.452. The van der Waals surface area contributed by atoms with Gasteiger partial charge in [0.2, 0.25) is 5.90 Å². The van der Waals surface area contributed by atoms with Crippen molar-refractivity contribution in [3.63, 3.8) is 0 Å². The number of hydrogen-bond acceptors (Lipinski definition) is 6. The van der Waals surface area contributed by atoms with Crippen molar-refractivity contribution in [2.45, 2.75) is 6.61 Å². The Labute approximate surface area is 166 Å². The molecule has 28 heavy (non-hydrogen) atoms. The van der Waals surface area contributed by atoms with E-state index in [-0.39, 0.29) is 5.70 Å². The van der Waals surface area contributed by atoms with E-state index >= 15 is 0 Å². The van der Waals surface area contributed by atoms with E-state index < -0.39 is 5.97 Å². The molecule has 3 aromatic rings. The van der Waals surface area contributed by atoms with Crippen molar-refractivity contribution in [2.75, 3.05) is 7.11 Å². The first-order valence-corrected chi connectivity index (χ1v) is 9.52. The summed E-state index contributed by atoms with van der Waals surface area (Å²) in [6, 6.07) is 19.1. The van der Waals surface area contributed by atoms with E-state index in [1.54, 1.807) is 19.3 Å².